The summed E-state index contributed by atoms with van der Waals surface area (Å²) in [5.74, 6) is -1.02. The van der Waals surface area contributed by atoms with Gasteiger partial charge in [-0.05, 0) is 19.4 Å². The van der Waals surface area contributed by atoms with Crippen LogP contribution in [0.4, 0.5) is 0 Å². The minimum Gasteiger partial charge on any atom is -0.481 e. The maximum atomic E-state index is 10.7. The smallest absolute Gasteiger partial charge is 0.307 e. The zero-order valence-electron chi connectivity index (χ0n) is 8.07. The summed E-state index contributed by atoms with van der Waals surface area (Å²) in [7, 11) is 0. The van der Waals surface area contributed by atoms with Gasteiger partial charge in [-0.2, -0.15) is 5.26 Å². The summed E-state index contributed by atoms with van der Waals surface area (Å²) in [6.07, 6.45) is 1.63. The summed E-state index contributed by atoms with van der Waals surface area (Å²) >= 11 is 0. The van der Waals surface area contributed by atoms with Gasteiger partial charge in [-0.1, -0.05) is 6.58 Å². The molecule has 0 aliphatic carbocycles. The van der Waals surface area contributed by atoms with E-state index in [0.717, 1.165) is 19.4 Å². The van der Waals surface area contributed by atoms with Crippen molar-refractivity contribution in [3.05, 3.63) is 12.2 Å². The Hall–Kier alpha value is -1.34. The largest absolute Gasteiger partial charge is 0.481 e. The van der Waals surface area contributed by atoms with Crippen molar-refractivity contribution < 1.29 is 9.90 Å². The lowest BCUT2D eigenvalue weighted by molar-refractivity contribution is -0.143. The Morgan fingerprint density at radius 1 is 1.71 bits per heavy atom. The highest BCUT2D eigenvalue weighted by Crippen LogP contribution is 2.16. The molecule has 1 aliphatic rings. The standard InChI is InChI=1S/C10H14N2O2/c1-8(5-11)6-12-4-2-3-9(7-12)10(13)14/h9H,1-4,6-7H2,(H,13,14). The third-order valence-electron chi connectivity index (χ3n) is 2.43. The zero-order valence-corrected chi connectivity index (χ0v) is 8.07. The Balaban J connectivity index is 2.45. The van der Waals surface area contributed by atoms with Gasteiger partial charge in [0.25, 0.3) is 0 Å². The Labute approximate surface area is 83.4 Å². The number of likely N-dealkylation sites (tertiary alicyclic amines) is 1. The van der Waals surface area contributed by atoms with Crippen LogP contribution in [0.5, 0.6) is 0 Å². The topological polar surface area (TPSA) is 64.3 Å². The molecule has 1 atom stereocenters. The molecular formula is C10H14N2O2. The van der Waals surface area contributed by atoms with E-state index in [0.29, 0.717) is 18.7 Å². The van der Waals surface area contributed by atoms with Crippen LogP contribution in [0.3, 0.4) is 0 Å². The maximum Gasteiger partial charge on any atom is 0.307 e. The highest BCUT2D eigenvalue weighted by atomic mass is 16.4. The number of nitrogens with zero attached hydrogens (tertiary/aromatic N) is 2. The molecule has 1 heterocycles. The fourth-order valence-electron chi connectivity index (χ4n) is 1.71. The van der Waals surface area contributed by atoms with Gasteiger partial charge in [0.05, 0.1) is 12.0 Å². The normalized spacial score (nSPS) is 22.6. The molecule has 4 nitrogen and oxygen atoms in total. The van der Waals surface area contributed by atoms with E-state index in [1.165, 1.54) is 0 Å². The van der Waals surface area contributed by atoms with E-state index in [-0.39, 0.29) is 5.92 Å². The quantitative estimate of drug-likeness (QED) is 0.677. The maximum absolute atomic E-state index is 10.7. The number of rotatable bonds is 3. The Morgan fingerprint density at radius 2 is 2.43 bits per heavy atom. The van der Waals surface area contributed by atoms with Crippen LogP contribution in [0.25, 0.3) is 0 Å². The number of carbonyl (C=O) groups is 1. The predicted molar refractivity (Wildman–Crippen MR) is 51.6 cm³/mol. The van der Waals surface area contributed by atoms with E-state index in [1.807, 2.05) is 11.0 Å². The van der Waals surface area contributed by atoms with Crippen molar-refractivity contribution in [1.29, 1.82) is 5.26 Å². The molecule has 76 valence electrons. The first kappa shape index (κ1) is 10.7. The average Bonchev–Trinajstić information content (AvgIpc) is 2.18. The van der Waals surface area contributed by atoms with Crippen molar-refractivity contribution in [2.75, 3.05) is 19.6 Å². The van der Waals surface area contributed by atoms with Crippen molar-refractivity contribution in [3.8, 4) is 6.07 Å². The van der Waals surface area contributed by atoms with Crippen LogP contribution in [0, 0.1) is 17.2 Å². The average molecular weight is 194 g/mol. The number of hydrogen-bond donors (Lipinski definition) is 1. The summed E-state index contributed by atoms with van der Waals surface area (Å²) in [6.45, 7) is 5.49. The van der Waals surface area contributed by atoms with Crippen LogP contribution in [-0.4, -0.2) is 35.6 Å². The highest BCUT2D eigenvalue weighted by molar-refractivity contribution is 5.70. The molecule has 1 rings (SSSR count). The molecule has 1 aliphatic heterocycles. The molecule has 0 amide bonds. The molecule has 4 heteroatoms. The number of hydrogen-bond acceptors (Lipinski definition) is 3. The van der Waals surface area contributed by atoms with Crippen molar-refractivity contribution >= 4 is 5.97 Å². The third-order valence-corrected chi connectivity index (χ3v) is 2.43. The lowest BCUT2D eigenvalue weighted by atomic mass is 9.98. The molecule has 0 aromatic carbocycles. The first-order chi connectivity index (χ1) is 6.63. The van der Waals surface area contributed by atoms with E-state index in [9.17, 15) is 4.79 Å². The second kappa shape index (κ2) is 4.77. The molecule has 1 N–H and O–H groups in total. The van der Waals surface area contributed by atoms with E-state index in [2.05, 4.69) is 6.58 Å². The number of piperidine rings is 1. The molecule has 1 fully saturated rings. The van der Waals surface area contributed by atoms with Gasteiger partial charge in [-0.15, -0.1) is 0 Å². The fraction of sp³-hybridized carbons (Fsp3) is 0.600. The monoisotopic (exact) mass is 194 g/mol. The molecule has 0 saturated carbocycles. The molecule has 0 aromatic heterocycles. The lowest BCUT2D eigenvalue weighted by Gasteiger charge is -2.30. The summed E-state index contributed by atoms with van der Waals surface area (Å²) in [4.78, 5) is 12.7. The van der Waals surface area contributed by atoms with Crippen LogP contribution < -0.4 is 0 Å². The van der Waals surface area contributed by atoms with Crippen LogP contribution in [-0.2, 0) is 4.79 Å². The van der Waals surface area contributed by atoms with Gasteiger partial charge in [0.1, 0.15) is 0 Å². The minimum atomic E-state index is -0.739. The Morgan fingerprint density at radius 3 is 3.00 bits per heavy atom. The predicted octanol–water partition coefficient (Wildman–Crippen LogP) is 0.863. The van der Waals surface area contributed by atoms with Gasteiger partial charge in [-0.3, -0.25) is 9.69 Å². The summed E-state index contributed by atoms with van der Waals surface area (Å²) < 4.78 is 0. The number of carboxylic acid groups (broad SMARTS) is 1. The van der Waals surface area contributed by atoms with Crippen molar-refractivity contribution in [2.24, 2.45) is 5.92 Å². The number of aliphatic carboxylic acids is 1. The number of carboxylic acids is 1. The molecule has 0 spiro atoms. The highest BCUT2D eigenvalue weighted by Gasteiger charge is 2.25. The zero-order chi connectivity index (χ0) is 10.6. The molecule has 0 radical (unpaired) electrons. The molecular weight excluding hydrogens is 180 g/mol. The van der Waals surface area contributed by atoms with Gasteiger partial charge < -0.3 is 5.11 Å². The van der Waals surface area contributed by atoms with E-state index >= 15 is 0 Å². The second-order valence-corrected chi connectivity index (χ2v) is 3.63. The van der Waals surface area contributed by atoms with Gasteiger partial charge in [-0.25, -0.2) is 0 Å². The van der Waals surface area contributed by atoms with Crippen molar-refractivity contribution in [1.82, 2.24) is 4.90 Å². The van der Waals surface area contributed by atoms with Crippen molar-refractivity contribution in [3.63, 3.8) is 0 Å². The molecule has 14 heavy (non-hydrogen) atoms. The van der Waals surface area contributed by atoms with Gasteiger partial charge >= 0.3 is 5.97 Å². The van der Waals surface area contributed by atoms with Crippen LogP contribution >= 0.6 is 0 Å². The first-order valence-corrected chi connectivity index (χ1v) is 4.66. The van der Waals surface area contributed by atoms with E-state index < -0.39 is 5.97 Å². The molecule has 0 bridgehead atoms. The van der Waals surface area contributed by atoms with E-state index in [1.54, 1.807) is 0 Å². The lowest BCUT2D eigenvalue weighted by Crippen LogP contribution is -2.39. The van der Waals surface area contributed by atoms with Gasteiger partial charge in [0.2, 0.25) is 0 Å². The molecule has 1 unspecified atom stereocenters. The second-order valence-electron chi connectivity index (χ2n) is 3.63. The molecule has 1 saturated heterocycles. The van der Waals surface area contributed by atoms with Crippen LogP contribution in [0.15, 0.2) is 12.2 Å². The fourth-order valence-corrected chi connectivity index (χ4v) is 1.71. The third kappa shape index (κ3) is 2.86. The van der Waals surface area contributed by atoms with Crippen LogP contribution in [0.2, 0.25) is 0 Å². The van der Waals surface area contributed by atoms with Crippen molar-refractivity contribution in [2.45, 2.75) is 12.8 Å². The number of nitriles is 1. The summed E-state index contributed by atoms with van der Waals surface area (Å²) in [5, 5.41) is 17.4. The van der Waals surface area contributed by atoms with Gasteiger partial charge in [0.15, 0.2) is 0 Å². The Bertz CT molecular complexity index is 280. The first-order valence-electron chi connectivity index (χ1n) is 4.66. The summed E-state index contributed by atoms with van der Waals surface area (Å²) in [5.41, 5.74) is 0.496. The van der Waals surface area contributed by atoms with E-state index in [4.69, 9.17) is 10.4 Å². The van der Waals surface area contributed by atoms with Crippen LogP contribution in [0.1, 0.15) is 12.8 Å². The van der Waals surface area contributed by atoms with Gasteiger partial charge in [0, 0.05) is 18.7 Å². The minimum absolute atomic E-state index is 0.282. The Kier molecular flexibility index (Phi) is 3.66. The SMILES string of the molecule is C=C(C#N)CN1CCCC(C(=O)O)C1. The summed E-state index contributed by atoms with van der Waals surface area (Å²) in [6, 6.07) is 1.97. The molecule has 0 aromatic rings.